The summed E-state index contributed by atoms with van der Waals surface area (Å²) in [4.78, 5) is 19.0. The lowest BCUT2D eigenvalue weighted by Crippen LogP contribution is -2.38. The molecule has 1 aliphatic heterocycles. The van der Waals surface area contributed by atoms with Crippen LogP contribution in [0.4, 0.5) is 0 Å². The van der Waals surface area contributed by atoms with E-state index < -0.39 is 0 Å². The van der Waals surface area contributed by atoms with E-state index in [2.05, 4.69) is 9.55 Å². The Labute approximate surface area is 130 Å². The number of amides is 1. The van der Waals surface area contributed by atoms with Gasteiger partial charge in [0.15, 0.2) is 0 Å². The van der Waals surface area contributed by atoms with Gasteiger partial charge >= 0.3 is 0 Å². The molecule has 2 N–H and O–H groups in total. The van der Waals surface area contributed by atoms with E-state index in [4.69, 9.17) is 5.73 Å². The van der Waals surface area contributed by atoms with Crippen molar-refractivity contribution in [3.8, 4) is 0 Å². The predicted octanol–water partition coefficient (Wildman–Crippen LogP) is 1.96. The Hall–Kier alpha value is -2.14. The second kappa shape index (κ2) is 6.32. The molecule has 2 heterocycles. The first-order valence-corrected chi connectivity index (χ1v) is 7.76. The molecular weight excluding hydrogens is 276 g/mol. The molecule has 3 rings (SSSR count). The number of aromatic nitrogens is 2. The molecule has 1 unspecified atom stereocenters. The summed E-state index contributed by atoms with van der Waals surface area (Å²) in [5.74, 6) is 1.11. The van der Waals surface area contributed by atoms with Crippen LogP contribution in [0.15, 0.2) is 36.7 Å². The molecule has 1 saturated heterocycles. The summed E-state index contributed by atoms with van der Waals surface area (Å²) in [5.41, 5.74) is 7.39. The minimum atomic E-state index is 0.115. The number of carbonyl (C=O) groups is 1. The molecule has 116 valence electrons. The Balaban J connectivity index is 1.74. The van der Waals surface area contributed by atoms with Gasteiger partial charge in [-0.15, -0.1) is 0 Å². The highest BCUT2D eigenvalue weighted by Gasteiger charge is 2.29. The molecule has 5 nitrogen and oxygen atoms in total. The Morgan fingerprint density at radius 2 is 2.14 bits per heavy atom. The van der Waals surface area contributed by atoms with Gasteiger partial charge < -0.3 is 15.2 Å². The van der Waals surface area contributed by atoms with E-state index >= 15 is 0 Å². The third kappa shape index (κ3) is 2.90. The average molecular weight is 298 g/mol. The molecule has 0 bridgehead atoms. The van der Waals surface area contributed by atoms with E-state index in [9.17, 15) is 4.79 Å². The smallest absolute Gasteiger partial charge is 0.254 e. The Bertz CT molecular complexity index is 647. The van der Waals surface area contributed by atoms with E-state index in [1.165, 1.54) is 0 Å². The normalized spacial score (nSPS) is 17.9. The topological polar surface area (TPSA) is 64.2 Å². The fourth-order valence-electron chi connectivity index (χ4n) is 3.07. The largest absolute Gasteiger partial charge is 0.334 e. The molecule has 5 heteroatoms. The molecular formula is C17H22N4O. The fourth-order valence-corrected chi connectivity index (χ4v) is 3.07. The quantitative estimate of drug-likeness (QED) is 0.938. The van der Waals surface area contributed by atoms with Gasteiger partial charge in [0.1, 0.15) is 5.82 Å². The molecule has 0 saturated carbocycles. The first kappa shape index (κ1) is 14.8. The van der Waals surface area contributed by atoms with Gasteiger partial charge in [0.05, 0.1) is 6.04 Å². The summed E-state index contributed by atoms with van der Waals surface area (Å²) in [6, 6.07) is 7.86. The first-order valence-electron chi connectivity index (χ1n) is 7.76. The van der Waals surface area contributed by atoms with Gasteiger partial charge in [-0.3, -0.25) is 4.79 Å². The fraction of sp³-hybridized carbons (Fsp3) is 0.412. The third-order valence-electron chi connectivity index (χ3n) is 4.41. The van der Waals surface area contributed by atoms with Crippen molar-refractivity contribution in [3.63, 3.8) is 0 Å². The summed E-state index contributed by atoms with van der Waals surface area (Å²) in [7, 11) is 0. The monoisotopic (exact) mass is 298 g/mol. The Morgan fingerprint density at radius 1 is 1.36 bits per heavy atom. The van der Waals surface area contributed by atoms with E-state index in [0.717, 1.165) is 42.9 Å². The lowest BCUT2D eigenvalue weighted by atomic mass is 10.1. The molecule has 1 amide bonds. The zero-order valence-electron chi connectivity index (χ0n) is 12.9. The van der Waals surface area contributed by atoms with Gasteiger partial charge in [0.2, 0.25) is 0 Å². The maximum atomic E-state index is 12.7. The Morgan fingerprint density at radius 3 is 2.77 bits per heavy atom. The van der Waals surface area contributed by atoms with Crippen molar-refractivity contribution < 1.29 is 4.79 Å². The molecule has 1 aromatic carbocycles. The molecule has 1 atom stereocenters. The molecule has 1 aromatic heterocycles. The van der Waals surface area contributed by atoms with Crippen LogP contribution in [-0.4, -0.2) is 32.9 Å². The second-order valence-corrected chi connectivity index (χ2v) is 5.82. The standard InChI is InChI=1S/C17H22N4O/c1-13-19-8-10-20(13)12-16-3-2-9-21(16)17(22)15-6-4-14(11-18)5-7-15/h4-8,10,16H,2-3,9,11-12,18H2,1H3. The number of carbonyl (C=O) groups excluding carboxylic acids is 1. The average Bonchev–Trinajstić information content (AvgIpc) is 3.17. The van der Waals surface area contributed by atoms with Crippen LogP contribution in [0.1, 0.15) is 34.6 Å². The number of aryl methyl sites for hydroxylation is 1. The molecule has 0 aliphatic carbocycles. The van der Waals surface area contributed by atoms with Crippen molar-refractivity contribution >= 4 is 5.91 Å². The highest BCUT2D eigenvalue weighted by atomic mass is 16.2. The van der Waals surface area contributed by atoms with Gasteiger partial charge in [0, 0.05) is 37.6 Å². The van der Waals surface area contributed by atoms with E-state index in [1.54, 1.807) is 0 Å². The zero-order valence-corrected chi connectivity index (χ0v) is 12.9. The molecule has 22 heavy (non-hydrogen) atoms. The van der Waals surface area contributed by atoms with E-state index in [1.807, 2.05) is 48.5 Å². The van der Waals surface area contributed by atoms with Gasteiger partial charge in [-0.25, -0.2) is 4.98 Å². The van der Waals surface area contributed by atoms with Crippen molar-refractivity contribution in [2.24, 2.45) is 5.73 Å². The van der Waals surface area contributed by atoms with Crippen LogP contribution in [0.2, 0.25) is 0 Å². The summed E-state index contributed by atoms with van der Waals surface area (Å²) in [5, 5.41) is 0. The summed E-state index contributed by atoms with van der Waals surface area (Å²) in [6.07, 6.45) is 5.89. The van der Waals surface area contributed by atoms with Crippen LogP contribution >= 0.6 is 0 Å². The maximum Gasteiger partial charge on any atom is 0.254 e. The van der Waals surface area contributed by atoms with Crippen molar-refractivity contribution in [1.29, 1.82) is 0 Å². The lowest BCUT2D eigenvalue weighted by Gasteiger charge is -2.25. The second-order valence-electron chi connectivity index (χ2n) is 5.82. The number of imidazole rings is 1. The van der Waals surface area contributed by atoms with E-state index in [-0.39, 0.29) is 11.9 Å². The zero-order chi connectivity index (χ0) is 15.5. The number of rotatable bonds is 4. The third-order valence-corrected chi connectivity index (χ3v) is 4.41. The van der Waals surface area contributed by atoms with Crippen LogP contribution in [0, 0.1) is 6.92 Å². The molecule has 0 spiro atoms. The van der Waals surface area contributed by atoms with Crippen LogP contribution < -0.4 is 5.73 Å². The highest BCUT2D eigenvalue weighted by molar-refractivity contribution is 5.94. The molecule has 0 radical (unpaired) electrons. The maximum absolute atomic E-state index is 12.7. The predicted molar refractivity (Wildman–Crippen MR) is 85.4 cm³/mol. The Kier molecular flexibility index (Phi) is 4.24. The van der Waals surface area contributed by atoms with Crippen LogP contribution in [0.5, 0.6) is 0 Å². The number of hydrogen-bond acceptors (Lipinski definition) is 3. The van der Waals surface area contributed by atoms with Crippen molar-refractivity contribution in [1.82, 2.24) is 14.5 Å². The van der Waals surface area contributed by atoms with Crippen LogP contribution in [0.3, 0.4) is 0 Å². The number of likely N-dealkylation sites (tertiary alicyclic amines) is 1. The van der Waals surface area contributed by atoms with Gasteiger partial charge in [0.25, 0.3) is 5.91 Å². The summed E-state index contributed by atoms with van der Waals surface area (Å²) in [6.45, 7) is 4.14. The number of hydrogen-bond donors (Lipinski definition) is 1. The number of nitrogens with two attached hydrogens (primary N) is 1. The summed E-state index contributed by atoms with van der Waals surface area (Å²) >= 11 is 0. The molecule has 1 aliphatic rings. The number of nitrogens with zero attached hydrogens (tertiary/aromatic N) is 3. The van der Waals surface area contributed by atoms with Crippen molar-refractivity contribution in [2.75, 3.05) is 6.54 Å². The lowest BCUT2D eigenvalue weighted by molar-refractivity contribution is 0.0723. The molecule has 2 aromatic rings. The van der Waals surface area contributed by atoms with Crippen LogP contribution in [-0.2, 0) is 13.1 Å². The van der Waals surface area contributed by atoms with Crippen molar-refractivity contribution in [3.05, 3.63) is 53.6 Å². The van der Waals surface area contributed by atoms with Gasteiger partial charge in [-0.2, -0.15) is 0 Å². The SMILES string of the molecule is Cc1nccn1CC1CCCN1C(=O)c1ccc(CN)cc1. The molecule has 1 fully saturated rings. The minimum Gasteiger partial charge on any atom is -0.334 e. The van der Waals surface area contributed by atoms with Crippen molar-refractivity contribution in [2.45, 2.75) is 38.9 Å². The minimum absolute atomic E-state index is 0.115. The van der Waals surface area contributed by atoms with E-state index in [0.29, 0.717) is 6.54 Å². The van der Waals surface area contributed by atoms with Crippen LogP contribution in [0.25, 0.3) is 0 Å². The summed E-state index contributed by atoms with van der Waals surface area (Å²) < 4.78 is 2.12. The first-order chi connectivity index (χ1) is 10.7. The highest BCUT2D eigenvalue weighted by Crippen LogP contribution is 2.22. The van der Waals surface area contributed by atoms with Gasteiger partial charge in [-0.05, 0) is 37.5 Å². The van der Waals surface area contributed by atoms with Gasteiger partial charge in [-0.1, -0.05) is 12.1 Å². The number of benzene rings is 1.